The number of ether oxygens (including phenoxy) is 1. The van der Waals surface area contributed by atoms with E-state index in [4.69, 9.17) is 10.5 Å². The molecule has 2 aromatic rings. The molecule has 0 spiro atoms. The maximum Gasteiger partial charge on any atom is 0.126 e. The maximum atomic E-state index is 10.6. The first-order valence-corrected chi connectivity index (χ1v) is 11.4. The van der Waals surface area contributed by atoms with E-state index in [1.165, 1.54) is 22.0 Å². The molecule has 1 fully saturated rings. The van der Waals surface area contributed by atoms with Crippen molar-refractivity contribution in [3.8, 4) is 0 Å². The summed E-state index contributed by atoms with van der Waals surface area (Å²) >= 11 is 0. The normalized spacial score (nSPS) is 23.8. The summed E-state index contributed by atoms with van der Waals surface area (Å²) < 4.78 is 4.94. The number of anilines is 2. The molecule has 0 unspecified atom stereocenters. The first kappa shape index (κ1) is 25.9. The lowest BCUT2D eigenvalue weighted by Crippen LogP contribution is -2.46. The zero-order chi connectivity index (χ0) is 24.2. The van der Waals surface area contributed by atoms with Crippen LogP contribution in [0.25, 0.3) is 10.8 Å². The van der Waals surface area contributed by atoms with E-state index in [-0.39, 0.29) is 16.4 Å². The van der Waals surface area contributed by atoms with Crippen LogP contribution in [-0.2, 0) is 20.7 Å². The topological polar surface area (TPSA) is 72.6 Å². The van der Waals surface area contributed by atoms with Gasteiger partial charge in [0.15, 0.2) is 0 Å². The summed E-state index contributed by atoms with van der Waals surface area (Å²) in [5.74, 6) is 0. The molecule has 0 atom stereocenters. The lowest BCUT2D eigenvalue weighted by Gasteiger charge is -2.48. The van der Waals surface area contributed by atoms with Crippen LogP contribution in [0.5, 0.6) is 0 Å². The predicted octanol–water partition coefficient (Wildman–Crippen LogP) is 5.43. The van der Waals surface area contributed by atoms with Gasteiger partial charge >= 0.3 is 0 Å². The SMILES string of the molecule is CCC1(C=O)CC(C)(C=O)C1.CN1CCc2c1cc(N)c1ccccc21.COC(C)(C)C. The van der Waals surface area contributed by atoms with Crippen molar-refractivity contribution in [3.63, 3.8) is 0 Å². The highest BCUT2D eigenvalue weighted by molar-refractivity contribution is 5.99. The average Bonchev–Trinajstić information content (AvgIpc) is 3.12. The largest absolute Gasteiger partial charge is 0.398 e. The predicted molar refractivity (Wildman–Crippen MR) is 134 cm³/mol. The number of aldehydes is 2. The van der Waals surface area contributed by atoms with Crippen molar-refractivity contribution < 1.29 is 14.3 Å². The van der Waals surface area contributed by atoms with Gasteiger partial charge in [0.1, 0.15) is 12.6 Å². The minimum Gasteiger partial charge on any atom is -0.398 e. The zero-order valence-electron chi connectivity index (χ0n) is 20.8. The average molecular weight is 441 g/mol. The number of hydrogen-bond donors (Lipinski definition) is 1. The highest BCUT2D eigenvalue weighted by atomic mass is 16.5. The molecule has 0 aromatic heterocycles. The third kappa shape index (κ3) is 5.89. The summed E-state index contributed by atoms with van der Waals surface area (Å²) in [7, 11) is 3.83. The Bertz CT molecular complexity index is 940. The van der Waals surface area contributed by atoms with Crippen LogP contribution in [-0.4, -0.2) is 38.9 Å². The number of methoxy groups -OCH3 is 1. The molecule has 1 aliphatic heterocycles. The molecular formula is C27H40N2O3. The molecule has 176 valence electrons. The van der Waals surface area contributed by atoms with E-state index in [1.54, 1.807) is 7.11 Å². The monoisotopic (exact) mass is 440 g/mol. The molecule has 4 rings (SSSR count). The number of rotatable bonds is 3. The van der Waals surface area contributed by atoms with Crippen molar-refractivity contribution in [2.45, 2.75) is 65.9 Å². The molecule has 32 heavy (non-hydrogen) atoms. The molecule has 2 N–H and O–H groups in total. The molecule has 1 aliphatic carbocycles. The molecule has 2 aromatic carbocycles. The van der Waals surface area contributed by atoms with Gasteiger partial charge in [0.25, 0.3) is 0 Å². The van der Waals surface area contributed by atoms with Gasteiger partial charge in [0.2, 0.25) is 0 Å². The second-order valence-electron chi connectivity index (χ2n) is 10.5. The number of hydrogen-bond acceptors (Lipinski definition) is 5. The first-order chi connectivity index (χ1) is 14.9. The molecule has 5 heteroatoms. The van der Waals surface area contributed by atoms with Crippen molar-refractivity contribution in [2.75, 3.05) is 31.3 Å². The van der Waals surface area contributed by atoms with Crippen molar-refractivity contribution in [2.24, 2.45) is 10.8 Å². The second kappa shape index (κ2) is 10.0. The van der Waals surface area contributed by atoms with E-state index < -0.39 is 0 Å². The van der Waals surface area contributed by atoms with E-state index in [0.717, 1.165) is 50.5 Å². The Hall–Kier alpha value is -2.40. The molecule has 5 nitrogen and oxygen atoms in total. The summed E-state index contributed by atoms with van der Waals surface area (Å²) in [6, 6.07) is 10.5. The highest BCUT2D eigenvalue weighted by Gasteiger charge is 2.50. The van der Waals surface area contributed by atoms with Crippen molar-refractivity contribution in [3.05, 3.63) is 35.9 Å². The van der Waals surface area contributed by atoms with E-state index in [1.807, 2.05) is 40.7 Å². The Morgan fingerprint density at radius 3 is 2.16 bits per heavy atom. The van der Waals surface area contributed by atoms with E-state index in [0.29, 0.717) is 0 Å². The van der Waals surface area contributed by atoms with Gasteiger partial charge in [-0.15, -0.1) is 0 Å². The number of nitrogens with two attached hydrogens (primary N) is 1. The minimum atomic E-state index is -0.211. The number of carbonyl (C=O) groups excluding carboxylic acids is 2. The number of fused-ring (bicyclic) bond motifs is 3. The van der Waals surface area contributed by atoms with Gasteiger partial charge in [-0.25, -0.2) is 0 Å². The van der Waals surface area contributed by atoms with E-state index in [2.05, 4.69) is 36.2 Å². The molecule has 2 aliphatic rings. The lowest BCUT2D eigenvalue weighted by atomic mass is 9.54. The van der Waals surface area contributed by atoms with Gasteiger partial charge in [-0.1, -0.05) is 38.1 Å². The summed E-state index contributed by atoms with van der Waals surface area (Å²) in [4.78, 5) is 23.4. The fourth-order valence-corrected chi connectivity index (χ4v) is 4.51. The van der Waals surface area contributed by atoms with Crippen LogP contribution in [0.1, 0.15) is 59.4 Å². The van der Waals surface area contributed by atoms with Gasteiger partial charge < -0.3 is 25.0 Å². The molecular weight excluding hydrogens is 400 g/mol. The van der Waals surface area contributed by atoms with Crippen LogP contribution in [0.15, 0.2) is 30.3 Å². The Balaban J connectivity index is 0.000000189. The quantitative estimate of drug-likeness (QED) is 0.509. The van der Waals surface area contributed by atoms with Gasteiger partial charge in [0.05, 0.1) is 5.60 Å². The van der Waals surface area contributed by atoms with Crippen LogP contribution >= 0.6 is 0 Å². The fraction of sp³-hybridized carbons (Fsp3) is 0.556. The van der Waals surface area contributed by atoms with Crippen molar-refractivity contribution in [1.29, 1.82) is 0 Å². The van der Waals surface area contributed by atoms with Crippen LogP contribution < -0.4 is 10.6 Å². The highest BCUT2D eigenvalue weighted by Crippen LogP contribution is 2.53. The Morgan fingerprint density at radius 2 is 1.69 bits per heavy atom. The number of benzene rings is 2. The summed E-state index contributed by atoms with van der Waals surface area (Å²) in [6.07, 6.45) is 5.46. The van der Waals surface area contributed by atoms with E-state index >= 15 is 0 Å². The molecule has 1 saturated carbocycles. The summed E-state index contributed by atoms with van der Waals surface area (Å²) in [6.45, 7) is 11.1. The molecule has 0 bridgehead atoms. The number of nitrogen functional groups attached to an aromatic ring is 1. The Kier molecular flexibility index (Phi) is 8.11. The van der Waals surface area contributed by atoms with Crippen LogP contribution in [0.2, 0.25) is 0 Å². The van der Waals surface area contributed by atoms with Gasteiger partial charge in [-0.3, -0.25) is 0 Å². The number of carbonyl (C=O) groups is 2. The standard InChI is InChI=1S/C13H14N2.C9H14O2.C5H12O/c1-15-7-6-11-9-4-2-3-5-10(9)12(14)8-13(11)15;1-3-9(7-11)4-8(2,5-9)6-10;1-5(2,3)6-4/h2-5,8H,6-7,14H2,1H3;6-7H,3-5H2,1-2H3;1-4H3. The van der Waals surface area contributed by atoms with Crippen LogP contribution in [0, 0.1) is 10.8 Å². The number of nitrogens with zero attached hydrogens (tertiary/aromatic N) is 1. The van der Waals surface area contributed by atoms with Gasteiger partial charge in [0, 0.05) is 48.3 Å². The first-order valence-electron chi connectivity index (χ1n) is 11.4. The third-order valence-electron chi connectivity index (χ3n) is 6.64. The Labute approximate surface area is 193 Å². The van der Waals surface area contributed by atoms with E-state index in [9.17, 15) is 9.59 Å². The van der Waals surface area contributed by atoms with Gasteiger partial charge in [-0.2, -0.15) is 0 Å². The van der Waals surface area contributed by atoms with Crippen LogP contribution in [0.4, 0.5) is 11.4 Å². The fourth-order valence-electron chi connectivity index (χ4n) is 4.51. The third-order valence-corrected chi connectivity index (χ3v) is 6.64. The van der Waals surface area contributed by atoms with Crippen molar-refractivity contribution >= 4 is 34.7 Å². The minimum absolute atomic E-state index is 0.0417. The smallest absolute Gasteiger partial charge is 0.126 e. The molecule has 0 amide bonds. The maximum absolute atomic E-state index is 10.6. The second-order valence-corrected chi connectivity index (χ2v) is 10.5. The van der Waals surface area contributed by atoms with Crippen molar-refractivity contribution in [1.82, 2.24) is 0 Å². The zero-order valence-corrected chi connectivity index (χ0v) is 20.8. The van der Waals surface area contributed by atoms with Gasteiger partial charge in [-0.05, 0) is 63.5 Å². The summed E-state index contributed by atoms with van der Waals surface area (Å²) in [5, 5.41) is 2.50. The van der Waals surface area contributed by atoms with Crippen LogP contribution in [0.3, 0.4) is 0 Å². The lowest BCUT2D eigenvalue weighted by molar-refractivity contribution is -0.138. The Morgan fingerprint density at radius 1 is 1.12 bits per heavy atom. The number of likely N-dealkylation sites (N-methyl/N-ethyl adjacent to an activating group) is 1. The molecule has 0 saturated heterocycles. The molecule has 1 heterocycles. The summed E-state index contributed by atoms with van der Waals surface area (Å²) in [5.41, 5.74) is 9.36. The molecule has 0 radical (unpaired) electrons.